The van der Waals surface area contributed by atoms with Gasteiger partial charge in [0.15, 0.2) is 0 Å². The number of nitrogens with zero attached hydrogens (tertiary/aromatic N) is 2. The molecule has 0 saturated heterocycles. The molecule has 0 atom stereocenters. The summed E-state index contributed by atoms with van der Waals surface area (Å²) in [5.41, 5.74) is 6.51. The molecule has 0 unspecified atom stereocenters. The van der Waals surface area contributed by atoms with Gasteiger partial charge in [-0.1, -0.05) is 11.6 Å². The van der Waals surface area contributed by atoms with E-state index in [2.05, 4.69) is 15.3 Å². The molecule has 0 aliphatic rings. The van der Waals surface area contributed by atoms with Crippen LogP contribution in [0.1, 0.15) is 4.88 Å². The molecular weight excluding hydrogens is 308 g/mol. The zero-order chi connectivity index (χ0) is 15.0. The highest BCUT2D eigenvalue weighted by molar-refractivity contribution is 7.18. The Hall–Kier alpha value is -2.05. The highest BCUT2D eigenvalue weighted by atomic mass is 35.5. The fourth-order valence-electron chi connectivity index (χ4n) is 2.06. The molecule has 0 aliphatic heterocycles. The quantitative estimate of drug-likeness (QED) is 0.763. The first-order chi connectivity index (χ1) is 10.1. The molecule has 0 spiro atoms. The molecule has 0 aliphatic carbocycles. The normalized spacial score (nSPS) is 10.8. The summed E-state index contributed by atoms with van der Waals surface area (Å²) in [5, 5.41) is 4.76. The summed E-state index contributed by atoms with van der Waals surface area (Å²) in [5.74, 6) is 1.55. The van der Waals surface area contributed by atoms with E-state index < -0.39 is 0 Å². The van der Waals surface area contributed by atoms with Gasteiger partial charge in [-0.15, -0.1) is 11.3 Å². The van der Waals surface area contributed by atoms with Gasteiger partial charge in [0.1, 0.15) is 16.4 Å². The van der Waals surface area contributed by atoms with Gasteiger partial charge in [0.2, 0.25) is 5.95 Å². The summed E-state index contributed by atoms with van der Waals surface area (Å²) in [7, 11) is 1.60. The monoisotopic (exact) mass is 320 g/mol. The van der Waals surface area contributed by atoms with Crippen LogP contribution in [0.2, 0.25) is 5.02 Å². The van der Waals surface area contributed by atoms with E-state index >= 15 is 0 Å². The van der Waals surface area contributed by atoms with Crippen molar-refractivity contribution in [2.24, 2.45) is 0 Å². The smallest absolute Gasteiger partial charge is 0.223 e. The number of anilines is 3. The van der Waals surface area contributed by atoms with Gasteiger partial charge in [0, 0.05) is 9.90 Å². The van der Waals surface area contributed by atoms with Gasteiger partial charge >= 0.3 is 0 Å². The Balaban J connectivity index is 2.11. The largest absolute Gasteiger partial charge is 0.495 e. The van der Waals surface area contributed by atoms with Crippen molar-refractivity contribution in [3.63, 3.8) is 0 Å². The molecule has 1 aromatic carbocycles. The second-order valence-electron chi connectivity index (χ2n) is 4.48. The average molecular weight is 321 g/mol. The maximum absolute atomic E-state index is 6.04. The lowest BCUT2D eigenvalue weighted by Crippen LogP contribution is -2.01. The number of benzene rings is 1. The van der Waals surface area contributed by atoms with Crippen molar-refractivity contribution in [3.05, 3.63) is 34.2 Å². The van der Waals surface area contributed by atoms with Crippen molar-refractivity contribution in [2.45, 2.75) is 6.92 Å². The van der Waals surface area contributed by atoms with Crippen molar-refractivity contribution in [1.29, 1.82) is 0 Å². The Morgan fingerprint density at radius 3 is 2.86 bits per heavy atom. The predicted octanol–water partition coefficient (Wildman–Crippen LogP) is 3.99. The molecule has 0 saturated carbocycles. The number of nitrogens with one attached hydrogen (secondary N) is 1. The Kier molecular flexibility index (Phi) is 3.57. The van der Waals surface area contributed by atoms with Gasteiger partial charge in [-0.25, -0.2) is 4.98 Å². The molecule has 3 aromatic rings. The number of nitrogens with two attached hydrogens (primary N) is 1. The van der Waals surface area contributed by atoms with E-state index in [9.17, 15) is 0 Å². The van der Waals surface area contributed by atoms with Crippen LogP contribution in [0.15, 0.2) is 24.3 Å². The van der Waals surface area contributed by atoms with Crippen LogP contribution in [0.5, 0.6) is 5.75 Å². The third-order valence-corrected chi connectivity index (χ3v) is 4.13. The fourth-order valence-corrected chi connectivity index (χ4v) is 3.12. The average Bonchev–Trinajstić information content (AvgIpc) is 2.79. The maximum Gasteiger partial charge on any atom is 0.223 e. The Morgan fingerprint density at radius 1 is 1.29 bits per heavy atom. The molecule has 2 aromatic heterocycles. The number of nitrogen functional groups attached to an aromatic ring is 1. The zero-order valence-electron chi connectivity index (χ0n) is 11.5. The fraction of sp³-hybridized carbons (Fsp3) is 0.143. The molecule has 7 heteroatoms. The van der Waals surface area contributed by atoms with Crippen LogP contribution in [-0.2, 0) is 0 Å². The summed E-state index contributed by atoms with van der Waals surface area (Å²) < 4.78 is 5.33. The minimum Gasteiger partial charge on any atom is -0.495 e. The van der Waals surface area contributed by atoms with Crippen LogP contribution in [-0.4, -0.2) is 17.1 Å². The van der Waals surface area contributed by atoms with Gasteiger partial charge in [-0.2, -0.15) is 4.98 Å². The van der Waals surface area contributed by atoms with Gasteiger partial charge < -0.3 is 15.8 Å². The van der Waals surface area contributed by atoms with Gasteiger partial charge in [-0.3, -0.25) is 0 Å². The molecule has 0 radical (unpaired) electrons. The lowest BCUT2D eigenvalue weighted by Gasteiger charge is -2.11. The predicted molar refractivity (Wildman–Crippen MR) is 87.9 cm³/mol. The second kappa shape index (κ2) is 5.38. The molecule has 5 nitrogen and oxygen atoms in total. The van der Waals surface area contributed by atoms with Crippen molar-refractivity contribution >= 4 is 50.6 Å². The first kappa shape index (κ1) is 13.9. The number of thiophene rings is 1. The van der Waals surface area contributed by atoms with Crippen molar-refractivity contribution in [3.8, 4) is 5.75 Å². The van der Waals surface area contributed by atoms with Crippen LogP contribution in [0.3, 0.4) is 0 Å². The summed E-state index contributed by atoms with van der Waals surface area (Å²) in [6.07, 6.45) is 0. The molecule has 2 heterocycles. The van der Waals surface area contributed by atoms with Crippen molar-refractivity contribution in [1.82, 2.24) is 9.97 Å². The number of aryl methyl sites for hydroxylation is 1. The van der Waals surface area contributed by atoms with E-state index in [-0.39, 0.29) is 5.95 Å². The lowest BCUT2D eigenvalue weighted by molar-refractivity contribution is 0.417. The Labute approximate surface area is 130 Å². The number of fused-ring (bicyclic) bond motifs is 1. The van der Waals surface area contributed by atoms with E-state index in [1.165, 1.54) is 0 Å². The van der Waals surface area contributed by atoms with Gasteiger partial charge in [0.05, 0.1) is 18.2 Å². The number of methoxy groups -OCH3 is 1. The third kappa shape index (κ3) is 2.72. The number of aromatic nitrogens is 2. The minimum absolute atomic E-state index is 0.229. The third-order valence-electron chi connectivity index (χ3n) is 2.95. The SMILES string of the molecule is COc1ccc(Cl)cc1Nc1nc(N)nc2sc(C)cc12. The molecular formula is C14H13ClN4OS. The topological polar surface area (TPSA) is 73.1 Å². The summed E-state index contributed by atoms with van der Waals surface area (Å²) >= 11 is 7.62. The van der Waals surface area contributed by atoms with Crippen molar-refractivity contribution < 1.29 is 4.74 Å². The summed E-state index contributed by atoms with van der Waals surface area (Å²) in [4.78, 5) is 10.5. The number of ether oxygens (including phenoxy) is 1. The molecule has 0 amide bonds. The second-order valence-corrected chi connectivity index (χ2v) is 6.15. The Morgan fingerprint density at radius 2 is 2.10 bits per heavy atom. The first-order valence-corrected chi connectivity index (χ1v) is 7.40. The van der Waals surface area contributed by atoms with Crippen LogP contribution >= 0.6 is 22.9 Å². The van der Waals surface area contributed by atoms with E-state index in [0.717, 1.165) is 20.8 Å². The highest BCUT2D eigenvalue weighted by Crippen LogP contribution is 2.34. The van der Waals surface area contributed by atoms with E-state index in [4.69, 9.17) is 22.1 Å². The van der Waals surface area contributed by atoms with Crippen molar-refractivity contribution in [2.75, 3.05) is 18.2 Å². The van der Waals surface area contributed by atoms with E-state index in [0.29, 0.717) is 16.6 Å². The molecule has 21 heavy (non-hydrogen) atoms. The molecule has 0 fully saturated rings. The molecule has 3 rings (SSSR count). The summed E-state index contributed by atoms with van der Waals surface area (Å²) in [6, 6.07) is 7.37. The van der Waals surface area contributed by atoms with E-state index in [1.807, 2.05) is 13.0 Å². The number of rotatable bonds is 3. The Bertz CT molecular complexity index is 818. The van der Waals surface area contributed by atoms with Gasteiger partial charge in [-0.05, 0) is 31.2 Å². The minimum atomic E-state index is 0.229. The summed E-state index contributed by atoms with van der Waals surface area (Å²) in [6.45, 7) is 2.02. The van der Waals surface area contributed by atoms with E-state index in [1.54, 1.807) is 36.6 Å². The number of hydrogen-bond donors (Lipinski definition) is 2. The zero-order valence-corrected chi connectivity index (χ0v) is 13.0. The molecule has 3 N–H and O–H groups in total. The number of hydrogen-bond acceptors (Lipinski definition) is 6. The van der Waals surface area contributed by atoms with Crippen LogP contribution in [0.25, 0.3) is 10.2 Å². The standard InChI is InChI=1S/C14H13ClN4OS/c1-7-5-9-12(18-14(16)19-13(9)21-7)17-10-6-8(15)3-4-11(10)20-2/h3-6H,1-2H3,(H3,16,17,18,19). The van der Waals surface area contributed by atoms with Gasteiger partial charge in [0.25, 0.3) is 0 Å². The highest BCUT2D eigenvalue weighted by Gasteiger charge is 2.12. The lowest BCUT2D eigenvalue weighted by atomic mass is 10.2. The number of halogens is 1. The van der Waals surface area contributed by atoms with Crippen LogP contribution in [0, 0.1) is 6.92 Å². The van der Waals surface area contributed by atoms with Crippen LogP contribution < -0.4 is 15.8 Å². The van der Waals surface area contributed by atoms with Crippen LogP contribution in [0.4, 0.5) is 17.5 Å². The maximum atomic E-state index is 6.04. The first-order valence-electron chi connectivity index (χ1n) is 6.21. The molecule has 108 valence electrons. The molecule has 0 bridgehead atoms.